The van der Waals surface area contributed by atoms with Crippen LogP contribution in [0.15, 0.2) is 6.07 Å². The van der Waals surface area contributed by atoms with Crippen molar-refractivity contribution in [3.05, 3.63) is 17.7 Å². The lowest BCUT2D eigenvalue weighted by molar-refractivity contribution is 0.570. The van der Waals surface area contributed by atoms with Crippen LogP contribution in [0.1, 0.15) is 13.3 Å². The Balaban J connectivity index is 2.29. The van der Waals surface area contributed by atoms with Gasteiger partial charge in [-0.3, -0.25) is 0 Å². The molecule has 5 nitrogen and oxygen atoms in total. The Morgan fingerprint density at radius 2 is 2.05 bits per heavy atom. The molecule has 1 saturated heterocycles. The highest BCUT2D eigenvalue weighted by molar-refractivity contribution is 7.91. The van der Waals surface area contributed by atoms with Gasteiger partial charge >= 0.3 is 0 Å². The third-order valence-electron chi connectivity index (χ3n) is 3.11. The molecule has 1 aromatic rings. The molecule has 0 radical (unpaired) electrons. The third kappa shape index (κ3) is 3.36. The Morgan fingerprint density at radius 1 is 1.30 bits per heavy atom. The minimum atomic E-state index is -3.08. The SMILES string of the molecule is CCNc1nc(N2CCCS(=O)(=O)CC2)c(F)cc1F. The normalized spacial score (nSPS) is 18.6. The van der Waals surface area contributed by atoms with Crippen LogP contribution in [0.2, 0.25) is 0 Å². The van der Waals surface area contributed by atoms with Gasteiger partial charge in [0.1, 0.15) is 0 Å². The number of hydrogen-bond donors (Lipinski definition) is 1. The molecule has 0 spiro atoms. The Hall–Kier alpha value is -1.44. The number of halogens is 2. The highest BCUT2D eigenvalue weighted by Gasteiger charge is 2.23. The summed E-state index contributed by atoms with van der Waals surface area (Å²) in [5, 5.41) is 2.72. The van der Waals surface area contributed by atoms with Crippen LogP contribution in [0.4, 0.5) is 20.4 Å². The number of nitrogens with zero attached hydrogens (tertiary/aromatic N) is 2. The summed E-state index contributed by atoms with van der Waals surface area (Å²) in [5.41, 5.74) is 0. The van der Waals surface area contributed by atoms with Crippen LogP contribution in [0.3, 0.4) is 0 Å². The lowest BCUT2D eigenvalue weighted by Crippen LogP contribution is -2.29. The van der Waals surface area contributed by atoms with Gasteiger partial charge in [0.25, 0.3) is 0 Å². The zero-order valence-corrected chi connectivity index (χ0v) is 12.0. The minimum absolute atomic E-state index is 0.000509. The van der Waals surface area contributed by atoms with E-state index in [1.165, 1.54) is 0 Å². The van der Waals surface area contributed by atoms with Crippen LogP contribution in [0, 0.1) is 11.6 Å². The average Bonchev–Trinajstić information content (AvgIpc) is 2.54. The van der Waals surface area contributed by atoms with E-state index in [1.807, 2.05) is 0 Å². The summed E-state index contributed by atoms with van der Waals surface area (Å²) in [6.45, 7) is 2.80. The summed E-state index contributed by atoms with van der Waals surface area (Å²) in [5.74, 6) is -1.50. The first kappa shape index (κ1) is 15.0. The van der Waals surface area contributed by atoms with Gasteiger partial charge in [0, 0.05) is 25.7 Å². The van der Waals surface area contributed by atoms with Crippen molar-refractivity contribution in [2.75, 3.05) is 41.4 Å². The lowest BCUT2D eigenvalue weighted by Gasteiger charge is -2.22. The molecule has 0 amide bonds. The standard InChI is InChI=1S/C12H17F2N3O2S/c1-2-15-11-9(13)8-10(14)12(16-11)17-4-3-6-20(18,19)7-5-17/h8H,2-7H2,1H3,(H,15,16). The topological polar surface area (TPSA) is 62.3 Å². The first-order chi connectivity index (χ1) is 9.43. The van der Waals surface area contributed by atoms with Gasteiger partial charge in [-0.1, -0.05) is 0 Å². The molecule has 1 aliphatic heterocycles. The largest absolute Gasteiger partial charge is 0.368 e. The number of hydrogen-bond acceptors (Lipinski definition) is 5. The van der Waals surface area contributed by atoms with Gasteiger partial charge in [-0.2, -0.15) is 0 Å². The number of nitrogens with one attached hydrogen (secondary N) is 1. The third-order valence-corrected chi connectivity index (χ3v) is 4.83. The van der Waals surface area contributed by atoms with Crippen LogP contribution >= 0.6 is 0 Å². The summed E-state index contributed by atoms with van der Waals surface area (Å²) in [7, 11) is -3.08. The average molecular weight is 305 g/mol. The molecule has 0 atom stereocenters. The van der Waals surface area contributed by atoms with E-state index in [0.29, 0.717) is 19.5 Å². The van der Waals surface area contributed by atoms with E-state index in [1.54, 1.807) is 11.8 Å². The van der Waals surface area contributed by atoms with Gasteiger partial charge in [-0.05, 0) is 13.3 Å². The number of sulfone groups is 1. The van der Waals surface area contributed by atoms with E-state index >= 15 is 0 Å². The maximum Gasteiger partial charge on any atom is 0.168 e. The van der Waals surface area contributed by atoms with Gasteiger partial charge < -0.3 is 10.2 Å². The lowest BCUT2D eigenvalue weighted by atomic mass is 10.3. The summed E-state index contributed by atoms with van der Waals surface area (Å²) in [6, 6.07) is 0.777. The molecule has 0 unspecified atom stereocenters. The summed E-state index contributed by atoms with van der Waals surface area (Å²) < 4.78 is 50.5. The van der Waals surface area contributed by atoms with Gasteiger partial charge in [0.2, 0.25) is 0 Å². The molecular formula is C12H17F2N3O2S. The first-order valence-electron chi connectivity index (χ1n) is 6.48. The predicted molar refractivity (Wildman–Crippen MR) is 73.8 cm³/mol. The summed E-state index contributed by atoms with van der Waals surface area (Å²) >= 11 is 0. The highest BCUT2D eigenvalue weighted by Crippen LogP contribution is 2.23. The maximum absolute atomic E-state index is 13.9. The highest BCUT2D eigenvalue weighted by atomic mass is 32.2. The van der Waals surface area contributed by atoms with E-state index in [0.717, 1.165) is 6.07 Å². The van der Waals surface area contributed by atoms with Crippen molar-refractivity contribution in [1.29, 1.82) is 0 Å². The van der Waals surface area contributed by atoms with Crippen molar-refractivity contribution in [3.8, 4) is 0 Å². The number of pyridine rings is 1. The van der Waals surface area contributed by atoms with Crippen LogP contribution in [0.25, 0.3) is 0 Å². The van der Waals surface area contributed by atoms with Crippen molar-refractivity contribution in [2.24, 2.45) is 0 Å². The summed E-state index contributed by atoms with van der Waals surface area (Å²) in [6.07, 6.45) is 0.414. The summed E-state index contributed by atoms with van der Waals surface area (Å²) in [4.78, 5) is 5.50. The Kier molecular flexibility index (Phi) is 4.42. The van der Waals surface area contributed by atoms with Gasteiger partial charge in [0.15, 0.2) is 33.1 Å². The molecule has 112 valence electrons. The quantitative estimate of drug-likeness (QED) is 0.915. The zero-order valence-electron chi connectivity index (χ0n) is 11.2. The molecular weight excluding hydrogens is 288 g/mol. The van der Waals surface area contributed by atoms with Crippen molar-refractivity contribution in [2.45, 2.75) is 13.3 Å². The maximum atomic E-state index is 13.9. The molecule has 0 saturated carbocycles. The Labute approximate surface area is 116 Å². The Morgan fingerprint density at radius 3 is 2.75 bits per heavy atom. The number of anilines is 2. The fourth-order valence-corrected chi connectivity index (χ4v) is 3.39. The molecule has 0 aliphatic carbocycles. The molecule has 1 aromatic heterocycles. The van der Waals surface area contributed by atoms with Crippen molar-refractivity contribution < 1.29 is 17.2 Å². The zero-order chi connectivity index (χ0) is 14.8. The fraction of sp³-hybridized carbons (Fsp3) is 0.583. The van der Waals surface area contributed by atoms with E-state index in [2.05, 4.69) is 10.3 Å². The second-order valence-corrected chi connectivity index (χ2v) is 6.95. The van der Waals surface area contributed by atoms with Crippen molar-refractivity contribution >= 4 is 21.5 Å². The van der Waals surface area contributed by atoms with Gasteiger partial charge in [-0.25, -0.2) is 22.2 Å². The minimum Gasteiger partial charge on any atom is -0.368 e. The molecule has 20 heavy (non-hydrogen) atoms. The second-order valence-electron chi connectivity index (χ2n) is 4.65. The monoisotopic (exact) mass is 305 g/mol. The van der Waals surface area contributed by atoms with E-state index < -0.39 is 21.5 Å². The fourth-order valence-electron chi connectivity index (χ4n) is 2.12. The molecule has 1 fully saturated rings. The van der Waals surface area contributed by atoms with Crippen molar-refractivity contribution in [3.63, 3.8) is 0 Å². The van der Waals surface area contributed by atoms with E-state index in [-0.39, 0.29) is 29.7 Å². The molecule has 2 rings (SSSR count). The van der Waals surface area contributed by atoms with Gasteiger partial charge in [0.05, 0.1) is 11.5 Å². The first-order valence-corrected chi connectivity index (χ1v) is 8.30. The predicted octanol–water partition coefficient (Wildman–Crippen LogP) is 1.42. The van der Waals surface area contributed by atoms with Crippen LogP contribution in [-0.2, 0) is 9.84 Å². The molecule has 0 bridgehead atoms. The molecule has 2 heterocycles. The van der Waals surface area contributed by atoms with Crippen LogP contribution < -0.4 is 10.2 Å². The molecule has 1 aliphatic rings. The van der Waals surface area contributed by atoms with Gasteiger partial charge in [-0.15, -0.1) is 0 Å². The van der Waals surface area contributed by atoms with Crippen molar-refractivity contribution in [1.82, 2.24) is 4.98 Å². The van der Waals surface area contributed by atoms with E-state index in [4.69, 9.17) is 0 Å². The number of rotatable bonds is 3. The molecule has 0 aromatic carbocycles. The van der Waals surface area contributed by atoms with Crippen LogP contribution in [-0.4, -0.2) is 44.5 Å². The second kappa shape index (κ2) is 5.90. The molecule has 1 N–H and O–H groups in total. The Bertz CT molecular complexity index is 593. The van der Waals surface area contributed by atoms with E-state index in [9.17, 15) is 17.2 Å². The van der Waals surface area contributed by atoms with Crippen LogP contribution in [0.5, 0.6) is 0 Å². The molecule has 8 heteroatoms. The smallest absolute Gasteiger partial charge is 0.168 e. The number of aromatic nitrogens is 1.